The molecule has 1 rings (SSSR count). The number of halogens is 2. The van der Waals surface area contributed by atoms with Gasteiger partial charge in [-0.05, 0) is 18.2 Å². The standard InChI is InChI=1S/C11H8Cl2OS/c1-8(14)15-6-2-3-9-4-5-10(12)7-11(9)13/h4-5,7H,6H2,1H3. The van der Waals surface area contributed by atoms with Crippen molar-refractivity contribution in [2.24, 2.45) is 0 Å². The maximum atomic E-state index is 10.6. The lowest BCUT2D eigenvalue weighted by atomic mass is 10.2. The lowest BCUT2D eigenvalue weighted by Crippen LogP contribution is -1.83. The van der Waals surface area contributed by atoms with Crippen molar-refractivity contribution in [3.05, 3.63) is 33.8 Å². The molecule has 0 heterocycles. The molecule has 0 atom stereocenters. The van der Waals surface area contributed by atoms with Gasteiger partial charge in [-0.2, -0.15) is 0 Å². The summed E-state index contributed by atoms with van der Waals surface area (Å²) in [6, 6.07) is 5.14. The third-order valence-corrected chi connectivity index (χ3v) is 2.74. The minimum absolute atomic E-state index is 0.0616. The Kier molecular flexibility index (Phi) is 5.04. The SMILES string of the molecule is CC(=O)SCC#Cc1ccc(Cl)cc1Cl. The molecular weight excluding hydrogens is 251 g/mol. The molecule has 0 fully saturated rings. The number of carbonyl (C=O) groups is 1. The summed E-state index contributed by atoms with van der Waals surface area (Å²) in [7, 11) is 0. The van der Waals surface area contributed by atoms with Crippen LogP contribution in [0.4, 0.5) is 0 Å². The number of hydrogen-bond donors (Lipinski definition) is 0. The molecule has 15 heavy (non-hydrogen) atoms. The van der Waals surface area contributed by atoms with E-state index in [0.717, 1.165) is 5.56 Å². The smallest absolute Gasteiger partial charge is 0.186 e. The molecule has 0 spiro atoms. The first-order valence-electron chi connectivity index (χ1n) is 4.17. The van der Waals surface area contributed by atoms with Gasteiger partial charge in [0.05, 0.1) is 10.8 Å². The summed E-state index contributed by atoms with van der Waals surface area (Å²) in [5.41, 5.74) is 0.727. The predicted molar refractivity (Wildman–Crippen MR) is 66.5 cm³/mol. The fourth-order valence-electron chi connectivity index (χ4n) is 0.860. The monoisotopic (exact) mass is 258 g/mol. The van der Waals surface area contributed by atoms with E-state index in [-0.39, 0.29) is 5.12 Å². The Labute approximate surface area is 103 Å². The second kappa shape index (κ2) is 6.07. The fourth-order valence-corrected chi connectivity index (χ4v) is 1.66. The van der Waals surface area contributed by atoms with Crippen LogP contribution in [0.5, 0.6) is 0 Å². The lowest BCUT2D eigenvalue weighted by Gasteiger charge is -1.95. The van der Waals surface area contributed by atoms with E-state index < -0.39 is 0 Å². The van der Waals surface area contributed by atoms with Gasteiger partial charge in [0.25, 0.3) is 0 Å². The van der Waals surface area contributed by atoms with Crippen molar-refractivity contribution in [2.75, 3.05) is 5.75 Å². The molecule has 0 aliphatic rings. The molecule has 1 aromatic carbocycles. The summed E-state index contributed by atoms with van der Waals surface area (Å²) < 4.78 is 0. The van der Waals surface area contributed by atoms with Crippen LogP contribution in [0.15, 0.2) is 18.2 Å². The van der Waals surface area contributed by atoms with Gasteiger partial charge in [0, 0.05) is 17.5 Å². The molecular formula is C11H8Cl2OS. The molecule has 0 aliphatic carbocycles. The van der Waals surface area contributed by atoms with Crippen LogP contribution < -0.4 is 0 Å². The molecule has 0 amide bonds. The maximum Gasteiger partial charge on any atom is 0.186 e. The van der Waals surface area contributed by atoms with E-state index in [4.69, 9.17) is 23.2 Å². The molecule has 78 valence electrons. The number of rotatable bonds is 1. The Balaban J connectivity index is 2.67. The second-order valence-corrected chi connectivity index (χ2v) is 4.70. The first-order valence-corrected chi connectivity index (χ1v) is 5.91. The van der Waals surface area contributed by atoms with Crippen molar-refractivity contribution in [2.45, 2.75) is 6.92 Å². The molecule has 0 aromatic heterocycles. The second-order valence-electron chi connectivity index (χ2n) is 2.71. The van der Waals surface area contributed by atoms with Crippen LogP contribution in [0.3, 0.4) is 0 Å². The highest BCUT2D eigenvalue weighted by atomic mass is 35.5. The van der Waals surface area contributed by atoms with Crippen LogP contribution in [0.2, 0.25) is 10.0 Å². The third kappa shape index (κ3) is 4.61. The Morgan fingerprint density at radius 1 is 1.47 bits per heavy atom. The van der Waals surface area contributed by atoms with E-state index in [1.807, 2.05) is 0 Å². The molecule has 1 nitrogen and oxygen atoms in total. The topological polar surface area (TPSA) is 17.1 Å². The zero-order chi connectivity index (χ0) is 11.3. The van der Waals surface area contributed by atoms with Crippen molar-refractivity contribution in [1.82, 2.24) is 0 Å². The average molecular weight is 259 g/mol. The van der Waals surface area contributed by atoms with E-state index in [1.54, 1.807) is 18.2 Å². The molecule has 1 aromatic rings. The summed E-state index contributed by atoms with van der Waals surface area (Å²) in [6.45, 7) is 1.52. The highest BCUT2D eigenvalue weighted by Gasteiger charge is 1.97. The molecule has 0 saturated heterocycles. The summed E-state index contributed by atoms with van der Waals surface area (Å²) in [6.07, 6.45) is 0. The minimum atomic E-state index is 0.0616. The number of thioether (sulfide) groups is 1. The summed E-state index contributed by atoms with van der Waals surface area (Å²) in [5.74, 6) is 6.22. The van der Waals surface area contributed by atoms with Gasteiger partial charge in [0.15, 0.2) is 5.12 Å². The molecule has 0 bridgehead atoms. The van der Waals surface area contributed by atoms with Gasteiger partial charge < -0.3 is 0 Å². The zero-order valence-electron chi connectivity index (χ0n) is 8.01. The van der Waals surface area contributed by atoms with Gasteiger partial charge in [0.1, 0.15) is 0 Å². The highest BCUT2D eigenvalue weighted by Crippen LogP contribution is 2.19. The van der Waals surface area contributed by atoms with Gasteiger partial charge in [-0.3, -0.25) is 4.79 Å². The molecule has 4 heteroatoms. The fraction of sp³-hybridized carbons (Fsp3) is 0.182. The summed E-state index contributed by atoms with van der Waals surface area (Å²) in [5, 5.41) is 1.18. The Hall–Kier alpha value is -0.620. The molecule has 0 saturated carbocycles. The molecule has 0 unspecified atom stereocenters. The van der Waals surface area contributed by atoms with E-state index in [1.165, 1.54) is 18.7 Å². The van der Waals surface area contributed by atoms with Crippen LogP contribution in [0, 0.1) is 11.8 Å². The van der Waals surface area contributed by atoms with Gasteiger partial charge >= 0.3 is 0 Å². The van der Waals surface area contributed by atoms with Crippen LogP contribution in [-0.2, 0) is 4.79 Å². The predicted octanol–water partition coefficient (Wildman–Crippen LogP) is 3.62. The van der Waals surface area contributed by atoms with Crippen LogP contribution in [-0.4, -0.2) is 10.9 Å². The minimum Gasteiger partial charge on any atom is -0.288 e. The Bertz CT molecular complexity index is 432. The quantitative estimate of drug-likeness (QED) is 0.716. The van der Waals surface area contributed by atoms with Crippen molar-refractivity contribution in [3.63, 3.8) is 0 Å². The Morgan fingerprint density at radius 3 is 2.80 bits per heavy atom. The van der Waals surface area contributed by atoms with Gasteiger partial charge in [0.2, 0.25) is 0 Å². The number of carbonyl (C=O) groups excluding carboxylic acids is 1. The third-order valence-electron chi connectivity index (χ3n) is 1.50. The van der Waals surface area contributed by atoms with Gasteiger partial charge in [-0.1, -0.05) is 46.8 Å². The average Bonchev–Trinajstić information content (AvgIpc) is 2.14. The lowest BCUT2D eigenvalue weighted by molar-refractivity contribution is -0.109. The largest absolute Gasteiger partial charge is 0.288 e. The van der Waals surface area contributed by atoms with Crippen LogP contribution >= 0.6 is 35.0 Å². The maximum absolute atomic E-state index is 10.6. The molecule has 0 radical (unpaired) electrons. The Morgan fingerprint density at radius 2 is 2.20 bits per heavy atom. The van der Waals surface area contributed by atoms with Crippen molar-refractivity contribution in [3.8, 4) is 11.8 Å². The first-order chi connectivity index (χ1) is 7.09. The summed E-state index contributed by atoms with van der Waals surface area (Å²) >= 11 is 12.8. The normalized spacial score (nSPS) is 9.27. The van der Waals surface area contributed by atoms with Gasteiger partial charge in [-0.15, -0.1) is 0 Å². The van der Waals surface area contributed by atoms with Crippen LogP contribution in [0.1, 0.15) is 12.5 Å². The first kappa shape index (κ1) is 12.4. The molecule has 0 N–H and O–H groups in total. The van der Waals surface area contributed by atoms with Crippen molar-refractivity contribution >= 4 is 40.1 Å². The highest BCUT2D eigenvalue weighted by molar-refractivity contribution is 8.13. The number of benzene rings is 1. The van der Waals surface area contributed by atoms with Crippen molar-refractivity contribution < 1.29 is 4.79 Å². The van der Waals surface area contributed by atoms with E-state index >= 15 is 0 Å². The summed E-state index contributed by atoms with van der Waals surface area (Å²) in [4.78, 5) is 10.6. The number of hydrogen-bond acceptors (Lipinski definition) is 2. The zero-order valence-corrected chi connectivity index (χ0v) is 10.3. The van der Waals surface area contributed by atoms with E-state index in [2.05, 4.69) is 11.8 Å². The van der Waals surface area contributed by atoms with Crippen molar-refractivity contribution in [1.29, 1.82) is 0 Å². The van der Waals surface area contributed by atoms with Gasteiger partial charge in [-0.25, -0.2) is 0 Å². The van der Waals surface area contributed by atoms with E-state index in [9.17, 15) is 4.79 Å². The molecule has 0 aliphatic heterocycles. The van der Waals surface area contributed by atoms with Crippen LogP contribution in [0.25, 0.3) is 0 Å². The van der Waals surface area contributed by atoms with E-state index in [0.29, 0.717) is 15.8 Å².